The lowest BCUT2D eigenvalue weighted by molar-refractivity contribution is -0.155. The first kappa shape index (κ1) is 21.7. The zero-order valence-corrected chi connectivity index (χ0v) is 18.3. The maximum Gasteiger partial charge on any atom is 0.302 e. The van der Waals surface area contributed by atoms with E-state index in [9.17, 15) is 9.59 Å². The molecule has 3 rings (SSSR count). The van der Waals surface area contributed by atoms with E-state index in [0.29, 0.717) is 11.8 Å². The Balaban J connectivity index is 1.97. The zero-order chi connectivity index (χ0) is 21.1. The van der Waals surface area contributed by atoms with Gasteiger partial charge in [-0.1, -0.05) is 19.9 Å². The maximum atomic E-state index is 11.9. The molecule has 2 aliphatic carbocycles. The van der Waals surface area contributed by atoms with E-state index < -0.39 is 0 Å². The third kappa shape index (κ3) is 4.93. The molecule has 1 aromatic carbocycles. The molecule has 5 heteroatoms. The molecule has 0 amide bonds. The van der Waals surface area contributed by atoms with Gasteiger partial charge in [0.15, 0.2) is 0 Å². The van der Waals surface area contributed by atoms with Gasteiger partial charge in [-0.05, 0) is 73.1 Å². The Morgan fingerprint density at radius 2 is 1.55 bits per heavy atom. The van der Waals surface area contributed by atoms with Gasteiger partial charge < -0.3 is 14.2 Å². The van der Waals surface area contributed by atoms with E-state index in [-0.39, 0.29) is 36.0 Å². The molecule has 5 nitrogen and oxygen atoms in total. The number of rotatable bonds is 3. The molecular weight excluding hydrogens is 368 g/mol. The quantitative estimate of drug-likeness (QED) is 0.688. The molecule has 1 saturated carbocycles. The fourth-order valence-electron chi connectivity index (χ4n) is 5.48. The van der Waals surface area contributed by atoms with Gasteiger partial charge in [0, 0.05) is 19.8 Å². The van der Waals surface area contributed by atoms with Crippen LogP contribution in [-0.2, 0) is 25.5 Å². The summed E-state index contributed by atoms with van der Waals surface area (Å²) in [5.74, 6) is 1.66. The fraction of sp³-hybridized carbons (Fsp3) is 0.667. The molecule has 2 aliphatic rings. The molecule has 0 bridgehead atoms. The Morgan fingerprint density at radius 1 is 0.897 bits per heavy atom. The lowest BCUT2D eigenvalue weighted by Crippen LogP contribution is -2.39. The zero-order valence-electron chi connectivity index (χ0n) is 18.3. The SMILES string of the molecule is COc1ccc2c(c1)C[C@@H](C)[C@H]1[C@@H](OC(C)=O)CC[C@H](OC(C)=O)[C@H](C)CC[C@H]21. The van der Waals surface area contributed by atoms with Crippen molar-refractivity contribution in [1.29, 1.82) is 0 Å². The predicted molar refractivity (Wildman–Crippen MR) is 111 cm³/mol. The van der Waals surface area contributed by atoms with Crippen LogP contribution in [0.1, 0.15) is 70.4 Å². The summed E-state index contributed by atoms with van der Waals surface area (Å²) in [5.41, 5.74) is 2.69. The van der Waals surface area contributed by atoms with Crippen LogP contribution in [0.5, 0.6) is 5.75 Å². The first-order valence-electron chi connectivity index (χ1n) is 10.8. The normalized spacial score (nSPS) is 31.9. The molecule has 0 heterocycles. The molecule has 6 atom stereocenters. The van der Waals surface area contributed by atoms with Gasteiger partial charge >= 0.3 is 11.9 Å². The van der Waals surface area contributed by atoms with Crippen molar-refractivity contribution < 1.29 is 23.8 Å². The van der Waals surface area contributed by atoms with Gasteiger partial charge in [0.05, 0.1) is 7.11 Å². The summed E-state index contributed by atoms with van der Waals surface area (Å²) in [6.45, 7) is 7.38. The van der Waals surface area contributed by atoms with Gasteiger partial charge in [-0.15, -0.1) is 0 Å². The summed E-state index contributed by atoms with van der Waals surface area (Å²) >= 11 is 0. The van der Waals surface area contributed by atoms with Crippen molar-refractivity contribution in [2.24, 2.45) is 17.8 Å². The summed E-state index contributed by atoms with van der Waals surface area (Å²) in [7, 11) is 1.70. The Kier molecular flexibility index (Phi) is 6.86. The van der Waals surface area contributed by atoms with E-state index in [1.165, 1.54) is 25.0 Å². The minimum Gasteiger partial charge on any atom is -0.497 e. The number of ether oxygens (including phenoxy) is 3. The Labute approximate surface area is 174 Å². The molecule has 0 aliphatic heterocycles. The summed E-state index contributed by atoms with van der Waals surface area (Å²) < 4.78 is 16.9. The summed E-state index contributed by atoms with van der Waals surface area (Å²) in [5, 5.41) is 0. The van der Waals surface area contributed by atoms with Crippen LogP contribution in [-0.4, -0.2) is 31.3 Å². The summed E-state index contributed by atoms with van der Waals surface area (Å²) in [6, 6.07) is 6.37. The van der Waals surface area contributed by atoms with Gasteiger partial charge in [-0.3, -0.25) is 9.59 Å². The average Bonchev–Trinajstić information content (AvgIpc) is 2.71. The number of benzene rings is 1. The predicted octanol–water partition coefficient (Wildman–Crippen LogP) is 4.66. The molecule has 0 spiro atoms. The molecule has 0 unspecified atom stereocenters. The van der Waals surface area contributed by atoms with Gasteiger partial charge in [0.1, 0.15) is 18.0 Å². The van der Waals surface area contributed by atoms with E-state index in [1.807, 2.05) is 6.07 Å². The third-order valence-corrected chi connectivity index (χ3v) is 6.78. The van der Waals surface area contributed by atoms with Crippen molar-refractivity contribution in [2.75, 3.05) is 7.11 Å². The average molecular weight is 403 g/mol. The topological polar surface area (TPSA) is 61.8 Å². The van der Waals surface area contributed by atoms with Crippen LogP contribution in [0.15, 0.2) is 18.2 Å². The van der Waals surface area contributed by atoms with Crippen molar-refractivity contribution in [3.63, 3.8) is 0 Å². The fourth-order valence-corrected chi connectivity index (χ4v) is 5.48. The minimum atomic E-state index is -0.242. The number of methoxy groups -OCH3 is 1. The van der Waals surface area contributed by atoms with Crippen LogP contribution < -0.4 is 4.74 Å². The highest BCUT2D eigenvalue weighted by molar-refractivity contribution is 5.66. The molecule has 0 radical (unpaired) electrons. The van der Waals surface area contributed by atoms with Crippen molar-refractivity contribution in [1.82, 2.24) is 0 Å². The Bertz CT molecular complexity index is 743. The van der Waals surface area contributed by atoms with Crippen molar-refractivity contribution in [2.45, 2.75) is 77.9 Å². The van der Waals surface area contributed by atoms with Crippen molar-refractivity contribution in [3.8, 4) is 5.75 Å². The first-order chi connectivity index (χ1) is 13.8. The first-order valence-corrected chi connectivity index (χ1v) is 10.8. The Morgan fingerprint density at radius 3 is 2.21 bits per heavy atom. The number of hydrogen-bond donors (Lipinski definition) is 0. The summed E-state index contributed by atoms with van der Waals surface area (Å²) in [6.07, 6.45) is 4.08. The monoisotopic (exact) mass is 402 g/mol. The lowest BCUT2D eigenvalue weighted by atomic mass is 9.65. The molecule has 0 aromatic heterocycles. The van der Waals surface area contributed by atoms with Crippen molar-refractivity contribution >= 4 is 11.9 Å². The highest BCUT2D eigenvalue weighted by Crippen LogP contribution is 2.48. The second kappa shape index (κ2) is 9.19. The molecule has 1 fully saturated rings. The van der Waals surface area contributed by atoms with Crippen LogP contribution >= 0.6 is 0 Å². The highest BCUT2D eigenvalue weighted by Gasteiger charge is 2.42. The largest absolute Gasteiger partial charge is 0.497 e. The molecule has 160 valence electrons. The minimum absolute atomic E-state index is 0.128. The standard InChI is InChI=1S/C24H34O5/c1-14-6-8-21-20-9-7-19(27-5)13-18(20)12-15(2)24(21)23(29-17(4)26)11-10-22(14)28-16(3)25/h7,9,13-15,21-24H,6,8,10-12H2,1-5H3/t14-,15-,21-,22+,23+,24-/m1/s1. The van der Waals surface area contributed by atoms with Crippen molar-refractivity contribution in [3.05, 3.63) is 29.3 Å². The molecule has 29 heavy (non-hydrogen) atoms. The van der Waals surface area contributed by atoms with Gasteiger partial charge in [-0.2, -0.15) is 0 Å². The maximum absolute atomic E-state index is 11.9. The van der Waals surface area contributed by atoms with E-state index in [4.69, 9.17) is 14.2 Å². The molecule has 0 N–H and O–H groups in total. The van der Waals surface area contributed by atoms with Gasteiger partial charge in [0.25, 0.3) is 0 Å². The smallest absolute Gasteiger partial charge is 0.302 e. The second-order valence-corrected chi connectivity index (χ2v) is 8.86. The van der Waals surface area contributed by atoms with Crippen LogP contribution in [0, 0.1) is 17.8 Å². The van der Waals surface area contributed by atoms with E-state index in [1.54, 1.807) is 7.11 Å². The number of hydrogen-bond acceptors (Lipinski definition) is 5. The van der Waals surface area contributed by atoms with Crippen LogP contribution in [0.3, 0.4) is 0 Å². The van der Waals surface area contributed by atoms with Crippen LogP contribution in [0.25, 0.3) is 0 Å². The lowest BCUT2D eigenvalue weighted by Gasteiger charge is -2.42. The highest BCUT2D eigenvalue weighted by atomic mass is 16.5. The third-order valence-electron chi connectivity index (χ3n) is 6.78. The van der Waals surface area contributed by atoms with Gasteiger partial charge in [-0.25, -0.2) is 0 Å². The van der Waals surface area contributed by atoms with Crippen LogP contribution in [0.4, 0.5) is 0 Å². The molecule has 0 saturated heterocycles. The Hall–Kier alpha value is -2.04. The van der Waals surface area contributed by atoms with E-state index in [0.717, 1.165) is 37.9 Å². The number of fused-ring (bicyclic) bond motifs is 3. The second-order valence-electron chi connectivity index (χ2n) is 8.86. The molecule has 1 aromatic rings. The van der Waals surface area contributed by atoms with Crippen LogP contribution in [0.2, 0.25) is 0 Å². The van der Waals surface area contributed by atoms with E-state index in [2.05, 4.69) is 26.0 Å². The molecular formula is C24H34O5. The van der Waals surface area contributed by atoms with Gasteiger partial charge in [0.2, 0.25) is 0 Å². The van der Waals surface area contributed by atoms with E-state index >= 15 is 0 Å². The number of esters is 2. The number of carbonyl (C=O) groups excluding carboxylic acids is 2. The summed E-state index contributed by atoms with van der Waals surface area (Å²) in [4.78, 5) is 23.5. The number of carbonyl (C=O) groups is 2.